The number of benzene rings is 7. The Morgan fingerprint density at radius 1 is 0.549 bits per heavy atom. The lowest BCUT2D eigenvalue weighted by molar-refractivity contribution is -0.138. The zero-order valence-corrected chi connectivity index (χ0v) is 58.2. The van der Waals surface area contributed by atoms with Gasteiger partial charge in [-0.1, -0.05) is 24.3 Å². The minimum Gasteiger partial charge on any atom is -0.495 e. The van der Waals surface area contributed by atoms with Crippen molar-refractivity contribution in [3.05, 3.63) is 242 Å². The summed E-state index contributed by atoms with van der Waals surface area (Å²) >= 11 is 0. The molecular weight excluding hydrogens is 1450 g/mol. The lowest BCUT2D eigenvalue weighted by Crippen LogP contribution is -2.19. The summed E-state index contributed by atoms with van der Waals surface area (Å²) in [4.78, 5) is 40.4. The van der Waals surface area contributed by atoms with Crippen molar-refractivity contribution in [2.45, 2.75) is 61.9 Å². The van der Waals surface area contributed by atoms with Crippen molar-refractivity contribution in [2.75, 3.05) is 31.3 Å². The van der Waals surface area contributed by atoms with Crippen LogP contribution in [-0.4, -0.2) is 72.8 Å². The highest BCUT2D eigenvalue weighted by Gasteiger charge is 2.34. The number of hydrogen-bond donors (Lipinski definition) is 2. The third-order valence-corrected chi connectivity index (χ3v) is 17.3. The lowest BCUT2D eigenvalue weighted by Gasteiger charge is -2.17. The summed E-state index contributed by atoms with van der Waals surface area (Å²) in [7, 11) is -6.90. The molecule has 102 heavy (non-hydrogen) atoms. The van der Waals surface area contributed by atoms with Crippen LogP contribution in [0.15, 0.2) is 178 Å². The molecule has 35 heteroatoms. The van der Waals surface area contributed by atoms with Gasteiger partial charge in [0.05, 0.1) is 58.8 Å². The van der Waals surface area contributed by atoms with Crippen molar-refractivity contribution in [1.29, 1.82) is 0 Å². The van der Waals surface area contributed by atoms with Gasteiger partial charge in [-0.3, -0.25) is 23.4 Å². The Bertz CT molecular complexity index is 5280. The molecule has 1 fully saturated rings. The van der Waals surface area contributed by atoms with Gasteiger partial charge in [0.1, 0.15) is 52.3 Å². The number of ether oxygens (including phenoxy) is 3. The zero-order valence-electron chi connectivity index (χ0n) is 53.7. The molecule has 3 atom stereocenters. The van der Waals surface area contributed by atoms with Crippen LogP contribution in [0.2, 0.25) is 0 Å². The Labute approximate surface area is 578 Å². The maximum atomic E-state index is 15.4. The highest BCUT2D eigenvalue weighted by Crippen LogP contribution is 2.40. The first-order valence-electron chi connectivity index (χ1n) is 29.0. The van der Waals surface area contributed by atoms with Crippen LogP contribution in [0.1, 0.15) is 42.3 Å². The van der Waals surface area contributed by atoms with Crippen molar-refractivity contribution in [3.8, 4) is 50.9 Å². The molecule has 1 saturated heterocycles. The fourth-order valence-electron chi connectivity index (χ4n) is 9.94. The summed E-state index contributed by atoms with van der Waals surface area (Å²) in [6, 6.07) is 26.5. The number of nitrogen functional groups attached to an aromatic ring is 1. The standard InChI is InChI=1S/C29H14F9NO5S.C28H20F4N4O4S.C5H7N3.C5H10O.2H3P/c1-43-21-11-17(13-3-2-4-15(9-13)29(36,37)38)18(30)12-20(21)39-19-7-6-16(10-14(19)5-8-22(39)40)45(41,42)44-28-26(34)24(32)23(31)25(33)27(28)35;1-16-10-26(34-15-33-16)35-41(38,39)20-7-8-23-18(12-20)6-9-27(37)36(23)24-14-22(29)21(13-25(24)40-2)17-4-3-5-19(11-17)28(30,31)32;1-4-2-5(6)8-3-7-4;1-5-3-2-4-6-5;;/h2-12H,1H3;3-15H,1-2H3,(H,33,34,35);2-3H,1H3,(H2,6,7,8);5H,2-4H2,1H3;2*1H3. The van der Waals surface area contributed by atoms with Gasteiger partial charge in [-0.25, -0.2) is 50.3 Å². The predicted molar refractivity (Wildman–Crippen MR) is 363 cm³/mol. The van der Waals surface area contributed by atoms with Crippen LogP contribution in [-0.2, 0) is 37.2 Å². The maximum absolute atomic E-state index is 15.4. The highest BCUT2D eigenvalue weighted by molar-refractivity contribution is 7.92. The predicted octanol–water partition coefficient (Wildman–Crippen LogP) is 14.7. The third kappa shape index (κ3) is 18.0. The Morgan fingerprint density at radius 3 is 1.40 bits per heavy atom. The summed E-state index contributed by atoms with van der Waals surface area (Å²) in [5.41, 5.74) is 2.65. The van der Waals surface area contributed by atoms with Gasteiger partial charge in [-0.15, -0.1) is 0 Å². The first-order chi connectivity index (χ1) is 47.1. The molecule has 12 rings (SSSR count). The second kappa shape index (κ2) is 32.3. The summed E-state index contributed by atoms with van der Waals surface area (Å²) in [6.07, 6.45) is -3.59. The van der Waals surface area contributed by atoms with E-state index in [0.717, 1.165) is 107 Å². The molecule has 0 bridgehead atoms. The van der Waals surface area contributed by atoms with Crippen molar-refractivity contribution < 1.29 is 92.3 Å². The van der Waals surface area contributed by atoms with E-state index in [4.69, 9.17) is 19.9 Å². The fourth-order valence-corrected chi connectivity index (χ4v) is 11.9. The number of fused-ring (bicyclic) bond motifs is 2. The van der Waals surface area contributed by atoms with Gasteiger partial charge in [-0.2, -0.15) is 63.3 Å². The van der Waals surface area contributed by atoms with E-state index in [1.165, 1.54) is 93.3 Å². The molecule has 7 aromatic carbocycles. The Hall–Kier alpha value is -10.1. The number of rotatable bonds is 12. The number of hydrogen-bond acceptors (Lipinski definition) is 15. The molecule has 1 aliphatic rings. The van der Waals surface area contributed by atoms with Crippen LogP contribution < -0.4 is 35.2 Å². The van der Waals surface area contributed by atoms with Gasteiger partial charge in [0.2, 0.25) is 34.8 Å². The molecule has 0 aliphatic carbocycles. The van der Waals surface area contributed by atoms with Crippen LogP contribution in [0, 0.1) is 54.6 Å². The first kappa shape index (κ1) is 79.3. The Kier molecular flexibility index (Phi) is 25.1. The quantitative estimate of drug-likeness (QED) is 0.0380. The number of methoxy groups -OCH3 is 2. The van der Waals surface area contributed by atoms with E-state index in [2.05, 4.69) is 35.8 Å². The summed E-state index contributed by atoms with van der Waals surface area (Å²) < 4.78 is 255. The number of pyridine rings is 2. The van der Waals surface area contributed by atoms with Crippen LogP contribution in [0.3, 0.4) is 0 Å². The number of alkyl halides is 6. The molecule has 0 amide bonds. The van der Waals surface area contributed by atoms with Gasteiger partial charge in [0, 0.05) is 76.3 Å². The molecule has 11 aromatic rings. The first-order valence-corrected chi connectivity index (χ1v) is 31.9. The Morgan fingerprint density at radius 2 is 1.00 bits per heavy atom. The molecule has 3 unspecified atom stereocenters. The topological polar surface area (TPSA) is 239 Å². The monoisotopic (exact) mass is 1510 g/mol. The molecule has 4 aromatic heterocycles. The lowest BCUT2D eigenvalue weighted by atomic mass is 10.0. The van der Waals surface area contributed by atoms with Crippen molar-refractivity contribution in [3.63, 3.8) is 0 Å². The summed E-state index contributed by atoms with van der Waals surface area (Å²) in [6.45, 7) is 6.66. The highest BCUT2D eigenvalue weighted by atomic mass is 32.2. The number of sulfonamides is 1. The number of aryl methyl sites for hydroxylation is 2. The van der Waals surface area contributed by atoms with Gasteiger partial charge < -0.3 is 24.1 Å². The van der Waals surface area contributed by atoms with Crippen molar-refractivity contribution in [2.24, 2.45) is 0 Å². The molecule has 0 saturated carbocycles. The molecule has 3 N–H and O–H groups in total. The van der Waals surface area contributed by atoms with E-state index in [1.807, 2.05) is 6.92 Å². The number of anilines is 2. The zero-order chi connectivity index (χ0) is 72.9. The van der Waals surface area contributed by atoms with Gasteiger partial charge >= 0.3 is 22.5 Å². The smallest absolute Gasteiger partial charge is 0.416 e. The summed E-state index contributed by atoms with van der Waals surface area (Å²) in [5, 5.41) is 0.261. The molecule has 0 spiro atoms. The molecule has 0 radical (unpaired) electrons. The van der Waals surface area contributed by atoms with E-state index in [0.29, 0.717) is 23.0 Å². The van der Waals surface area contributed by atoms with Gasteiger partial charge in [-0.05, 0) is 130 Å². The molecule has 1 aliphatic heterocycles. The second-order valence-corrected chi connectivity index (χ2v) is 24.8. The van der Waals surface area contributed by atoms with Gasteiger partial charge in [0.15, 0.2) is 0 Å². The number of aromatic nitrogens is 6. The fraction of sp³-hybridized carbons (Fsp3) is 0.164. The minimum atomic E-state index is -5.24. The molecule has 5 heterocycles. The molecule has 18 nitrogen and oxygen atoms in total. The maximum Gasteiger partial charge on any atom is 0.416 e. The van der Waals surface area contributed by atoms with Crippen LogP contribution in [0.4, 0.5) is 68.7 Å². The van der Waals surface area contributed by atoms with E-state index >= 15 is 8.78 Å². The number of nitrogens with zero attached hydrogens (tertiary/aromatic N) is 6. The van der Waals surface area contributed by atoms with Crippen LogP contribution >= 0.6 is 19.8 Å². The third-order valence-electron chi connectivity index (χ3n) is 14.7. The molecular formula is C67H57F13N8O10P2S2. The van der Waals surface area contributed by atoms with Crippen molar-refractivity contribution >= 4 is 73.4 Å². The van der Waals surface area contributed by atoms with E-state index in [1.54, 1.807) is 13.0 Å². The summed E-state index contributed by atoms with van der Waals surface area (Å²) in [5.74, 6) is -16.1. The van der Waals surface area contributed by atoms with Crippen LogP contribution in [0.5, 0.6) is 17.2 Å². The average Bonchev–Trinajstić information content (AvgIpc) is 0.803. The van der Waals surface area contributed by atoms with E-state index in [9.17, 15) is 74.7 Å². The SMILES string of the molecule is CC1CCCO1.COc1cc(-c2cccc(C(F)(F)F)c2)c(F)cc1-n1c(=O)ccc2cc(S(=O)(=O)Nc3cc(C)ncn3)ccc21.COc1cc(-c2cccc(C(F)(F)F)c2)c(F)cc1-n1c(=O)ccc2cc(S(=O)(=O)Oc3c(F)c(F)c(F)c(F)c3F)ccc21.Cc1cc(N)ncn1.P.P. The van der Waals surface area contributed by atoms with E-state index < -0.39 is 106 Å². The normalized spacial score (nSPS) is 12.9. The number of halogens is 13. The van der Waals surface area contributed by atoms with Crippen molar-refractivity contribution in [1.82, 2.24) is 29.1 Å². The Balaban J connectivity index is 0.000000236. The molecule has 538 valence electrons. The second-order valence-electron chi connectivity index (χ2n) is 21.6. The van der Waals surface area contributed by atoms with Crippen LogP contribution in [0.25, 0.3) is 55.4 Å². The largest absolute Gasteiger partial charge is 0.495 e. The minimum absolute atomic E-state index is 0. The number of nitrogens with two attached hydrogens (primary N) is 1. The average molecular weight is 1510 g/mol. The number of nitrogens with one attached hydrogen (secondary N) is 1. The van der Waals surface area contributed by atoms with Gasteiger partial charge in [0.25, 0.3) is 21.1 Å². The van der Waals surface area contributed by atoms with E-state index in [-0.39, 0.29) is 92.1 Å².